The molecule has 3 nitrogen and oxygen atoms in total. The molecule has 0 N–H and O–H groups in total. The summed E-state index contributed by atoms with van der Waals surface area (Å²) in [7, 11) is 2.07. The number of fused-ring (bicyclic) bond motifs is 3. The minimum atomic E-state index is 0.0698. The smallest absolute Gasteiger partial charge is 0.216 e. The molecule has 0 saturated carbocycles. The quantitative estimate of drug-likeness (QED) is 0.420. The van der Waals surface area contributed by atoms with E-state index in [-0.39, 0.29) is 5.41 Å². The second kappa shape index (κ2) is 5.96. The molecule has 0 aliphatic rings. The lowest BCUT2D eigenvalue weighted by atomic mass is 9.86. The van der Waals surface area contributed by atoms with Crippen molar-refractivity contribution in [3.63, 3.8) is 0 Å². The summed E-state index contributed by atoms with van der Waals surface area (Å²) < 4.78 is 8.42. The Balaban J connectivity index is 2.08. The van der Waals surface area contributed by atoms with E-state index in [1.165, 1.54) is 11.1 Å². The zero-order valence-corrected chi connectivity index (χ0v) is 16.4. The van der Waals surface area contributed by atoms with E-state index in [1.54, 1.807) is 0 Å². The molecule has 4 rings (SSSR count). The predicted molar refractivity (Wildman–Crippen MR) is 108 cm³/mol. The van der Waals surface area contributed by atoms with Gasteiger partial charge >= 0.3 is 0 Å². The second-order valence-corrected chi connectivity index (χ2v) is 8.22. The number of aromatic nitrogens is 1. The lowest BCUT2D eigenvalue weighted by molar-refractivity contribution is -0.660. The first-order valence-corrected chi connectivity index (χ1v) is 9.16. The molecular formula is C24H23N2O+. The highest BCUT2D eigenvalue weighted by molar-refractivity contribution is 6.09. The van der Waals surface area contributed by atoms with Crippen molar-refractivity contribution in [2.75, 3.05) is 0 Å². The van der Waals surface area contributed by atoms with Crippen molar-refractivity contribution < 1.29 is 8.98 Å². The van der Waals surface area contributed by atoms with Gasteiger partial charge in [-0.25, -0.2) is 4.57 Å². The zero-order chi connectivity index (χ0) is 19.3. The van der Waals surface area contributed by atoms with Crippen molar-refractivity contribution >= 4 is 21.9 Å². The standard InChI is InChI=1S/C24H23N2O/c1-15-6-8-19-18-9-7-16(14-25)12-21(18)27-23(19)22(15)20-13-17(24(2,3)4)10-11-26(20)5/h6-13H,1-5H3/q+1. The third kappa shape index (κ3) is 2.78. The molecule has 0 saturated heterocycles. The van der Waals surface area contributed by atoms with E-state index in [0.717, 1.165) is 33.2 Å². The molecule has 0 fully saturated rings. The van der Waals surface area contributed by atoms with Gasteiger partial charge in [-0.05, 0) is 41.7 Å². The maximum Gasteiger partial charge on any atom is 0.216 e. The van der Waals surface area contributed by atoms with E-state index >= 15 is 0 Å². The number of hydrogen-bond donors (Lipinski definition) is 0. The first-order valence-electron chi connectivity index (χ1n) is 9.16. The molecule has 0 unspecified atom stereocenters. The number of aryl methyl sites for hydroxylation is 2. The molecule has 3 heteroatoms. The molecule has 0 radical (unpaired) electrons. The van der Waals surface area contributed by atoms with Gasteiger partial charge in [-0.1, -0.05) is 32.9 Å². The molecule has 2 heterocycles. The Bertz CT molecular complexity index is 1230. The highest BCUT2D eigenvalue weighted by atomic mass is 16.3. The molecule has 2 aromatic heterocycles. The van der Waals surface area contributed by atoms with Gasteiger partial charge in [0.1, 0.15) is 18.2 Å². The molecule has 0 amide bonds. The zero-order valence-electron chi connectivity index (χ0n) is 16.4. The fraction of sp³-hybridized carbons (Fsp3) is 0.250. The molecule has 0 bridgehead atoms. The summed E-state index contributed by atoms with van der Waals surface area (Å²) >= 11 is 0. The highest BCUT2D eigenvalue weighted by Gasteiger charge is 2.23. The van der Waals surface area contributed by atoms with Crippen LogP contribution in [0.3, 0.4) is 0 Å². The van der Waals surface area contributed by atoms with Crippen LogP contribution in [0.25, 0.3) is 33.2 Å². The van der Waals surface area contributed by atoms with Crippen molar-refractivity contribution in [3.8, 4) is 17.3 Å². The molecule has 27 heavy (non-hydrogen) atoms. The average molecular weight is 355 g/mol. The maximum absolute atomic E-state index is 9.20. The summed E-state index contributed by atoms with van der Waals surface area (Å²) in [4.78, 5) is 0. The minimum Gasteiger partial charge on any atom is -0.455 e. The third-order valence-corrected chi connectivity index (χ3v) is 5.25. The molecule has 0 atom stereocenters. The van der Waals surface area contributed by atoms with Crippen LogP contribution >= 0.6 is 0 Å². The van der Waals surface area contributed by atoms with Crippen molar-refractivity contribution in [2.45, 2.75) is 33.1 Å². The minimum absolute atomic E-state index is 0.0698. The van der Waals surface area contributed by atoms with Crippen LogP contribution in [0.2, 0.25) is 0 Å². The van der Waals surface area contributed by atoms with Gasteiger partial charge in [0.15, 0.2) is 6.20 Å². The molecular weight excluding hydrogens is 332 g/mol. The van der Waals surface area contributed by atoms with Crippen LogP contribution in [-0.4, -0.2) is 0 Å². The molecule has 0 aliphatic heterocycles. The first kappa shape index (κ1) is 17.3. The van der Waals surface area contributed by atoms with Gasteiger partial charge in [-0.2, -0.15) is 5.26 Å². The SMILES string of the molecule is Cc1ccc2c(oc3cc(C#N)ccc32)c1-c1cc(C(C)(C)C)cc[n+]1C. The lowest BCUT2D eigenvalue weighted by Gasteiger charge is -2.19. The number of furan rings is 1. The van der Waals surface area contributed by atoms with Crippen molar-refractivity contribution in [1.29, 1.82) is 5.26 Å². The van der Waals surface area contributed by atoms with Gasteiger partial charge in [0.25, 0.3) is 0 Å². The molecule has 4 aromatic rings. The van der Waals surface area contributed by atoms with Crippen LogP contribution in [0, 0.1) is 18.3 Å². The van der Waals surface area contributed by atoms with E-state index in [4.69, 9.17) is 4.42 Å². The number of hydrogen-bond acceptors (Lipinski definition) is 2. The van der Waals surface area contributed by atoms with E-state index in [0.29, 0.717) is 5.56 Å². The number of rotatable bonds is 1. The summed E-state index contributed by atoms with van der Waals surface area (Å²) in [5, 5.41) is 11.3. The van der Waals surface area contributed by atoms with Gasteiger partial charge in [0.2, 0.25) is 5.69 Å². The van der Waals surface area contributed by atoms with Gasteiger partial charge in [-0.15, -0.1) is 0 Å². The first-order chi connectivity index (χ1) is 12.8. The summed E-state index contributed by atoms with van der Waals surface area (Å²) in [6, 6.07) is 16.5. The molecule has 2 aromatic carbocycles. The van der Waals surface area contributed by atoms with Gasteiger partial charge in [0.05, 0.1) is 17.2 Å². The van der Waals surface area contributed by atoms with Crippen molar-refractivity contribution in [2.24, 2.45) is 7.05 Å². The summed E-state index contributed by atoms with van der Waals surface area (Å²) in [6.45, 7) is 8.80. The largest absolute Gasteiger partial charge is 0.455 e. The summed E-state index contributed by atoms with van der Waals surface area (Å²) in [5.41, 5.74) is 7.01. The van der Waals surface area contributed by atoms with E-state index in [9.17, 15) is 5.26 Å². The number of pyridine rings is 1. The topological polar surface area (TPSA) is 40.8 Å². The van der Waals surface area contributed by atoms with E-state index < -0.39 is 0 Å². The highest BCUT2D eigenvalue weighted by Crippen LogP contribution is 2.38. The third-order valence-electron chi connectivity index (χ3n) is 5.25. The van der Waals surface area contributed by atoms with E-state index in [2.05, 4.69) is 75.8 Å². The number of nitrogens with zero attached hydrogens (tertiary/aromatic N) is 2. The van der Waals surface area contributed by atoms with Crippen LogP contribution in [0.5, 0.6) is 0 Å². The van der Waals surface area contributed by atoms with E-state index in [1.807, 2.05) is 18.2 Å². The average Bonchev–Trinajstić information content (AvgIpc) is 2.99. The fourth-order valence-corrected chi connectivity index (χ4v) is 3.61. The van der Waals surface area contributed by atoms with Crippen molar-refractivity contribution in [1.82, 2.24) is 0 Å². The van der Waals surface area contributed by atoms with Crippen LogP contribution in [0.15, 0.2) is 53.1 Å². The Morgan fingerprint density at radius 2 is 1.74 bits per heavy atom. The Morgan fingerprint density at radius 1 is 1.00 bits per heavy atom. The van der Waals surface area contributed by atoms with Crippen molar-refractivity contribution in [3.05, 3.63) is 65.4 Å². The number of benzene rings is 2. The molecule has 0 spiro atoms. The van der Waals surface area contributed by atoms with Crippen LogP contribution in [0.4, 0.5) is 0 Å². The van der Waals surface area contributed by atoms with Gasteiger partial charge < -0.3 is 4.42 Å². The monoisotopic (exact) mass is 355 g/mol. The predicted octanol–water partition coefficient (Wildman–Crippen LogP) is 5.56. The van der Waals surface area contributed by atoms with Crippen LogP contribution < -0.4 is 4.57 Å². The second-order valence-electron chi connectivity index (χ2n) is 8.22. The molecule has 134 valence electrons. The Hall–Kier alpha value is -3.12. The van der Waals surface area contributed by atoms with Gasteiger partial charge in [-0.3, -0.25) is 0 Å². The lowest BCUT2D eigenvalue weighted by Crippen LogP contribution is -2.32. The Kier molecular flexibility index (Phi) is 3.82. The molecule has 0 aliphatic carbocycles. The Morgan fingerprint density at radius 3 is 2.44 bits per heavy atom. The summed E-state index contributed by atoms with van der Waals surface area (Å²) in [5.74, 6) is 0. The fourth-order valence-electron chi connectivity index (χ4n) is 3.61. The Labute approximate surface area is 159 Å². The van der Waals surface area contributed by atoms with Crippen LogP contribution in [0.1, 0.15) is 37.5 Å². The summed E-state index contributed by atoms with van der Waals surface area (Å²) in [6.07, 6.45) is 2.12. The maximum atomic E-state index is 9.20. The normalized spacial score (nSPS) is 11.9. The van der Waals surface area contributed by atoms with Gasteiger partial charge in [0, 0.05) is 22.9 Å². The number of nitriles is 1. The van der Waals surface area contributed by atoms with Crippen LogP contribution in [-0.2, 0) is 12.5 Å².